The highest BCUT2D eigenvalue weighted by Crippen LogP contribution is 2.43. The summed E-state index contributed by atoms with van der Waals surface area (Å²) in [4.78, 5) is 5.35. The van der Waals surface area contributed by atoms with Crippen molar-refractivity contribution in [2.75, 3.05) is 0 Å². The zero-order valence-electron chi connectivity index (χ0n) is 34.2. The summed E-state index contributed by atoms with van der Waals surface area (Å²) in [6.07, 6.45) is 0. The molecule has 0 aliphatic heterocycles. The molecule has 13 rings (SSSR count). The summed E-state index contributed by atoms with van der Waals surface area (Å²) in [5.41, 5.74) is 16.6. The number of aromatic nitrogens is 4. The summed E-state index contributed by atoms with van der Waals surface area (Å²) in [5, 5.41) is 7.32. The Labute approximate surface area is 363 Å². The summed E-state index contributed by atoms with van der Waals surface area (Å²) in [6, 6.07) is 83.4. The van der Waals surface area contributed by atoms with E-state index >= 15 is 0 Å². The Hall–Kier alpha value is -8.47. The first-order valence-corrected chi connectivity index (χ1v) is 21.5. The fourth-order valence-corrected chi connectivity index (χ4v) is 10.0. The summed E-state index contributed by atoms with van der Waals surface area (Å²) < 4.78 is 7.41. The van der Waals surface area contributed by atoms with Crippen LogP contribution in [-0.2, 0) is 0 Å². The highest BCUT2D eigenvalue weighted by Gasteiger charge is 2.23. The van der Waals surface area contributed by atoms with E-state index in [0.717, 1.165) is 61.7 Å². The molecule has 0 radical (unpaired) electrons. The number of benzene rings is 9. The molecule has 4 heterocycles. The van der Waals surface area contributed by atoms with Gasteiger partial charge in [0, 0.05) is 54.8 Å². The van der Waals surface area contributed by atoms with Crippen LogP contribution in [0.1, 0.15) is 0 Å². The number of hydrogen-bond donors (Lipinski definition) is 0. The van der Waals surface area contributed by atoms with Crippen molar-refractivity contribution in [3.63, 3.8) is 0 Å². The second-order valence-electron chi connectivity index (χ2n) is 16.4. The number of fused-ring (bicyclic) bond motifs is 9. The lowest BCUT2D eigenvalue weighted by molar-refractivity contribution is 1.11. The molecule has 0 saturated carbocycles. The van der Waals surface area contributed by atoms with Crippen LogP contribution >= 0.6 is 0 Å². The van der Waals surface area contributed by atoms with Crippen LogP contribution in [0.5, 0.6) is 0 Å². The first kappa shape index (κ1) is 35.3. The standard InChI is InChI=1S/C59H38N4/c1-3-18-39(19-4-1)42-35-51(40-20-5-2-6-21-40)60-52(36-42)41-22-17-23-43(34-41)62-55-31-14-11-28-49(55)50-37-44(61-53-29-12-7-24-45(53)46-25-8-13-30-54(46)61)38-58(59(50)62)63-56-32-15-9-26-47(56)48-27-10-16-33-57(48)63/h1-38H. The maximum atomic E-state index is 5.35. The van der Waals surface area contributed by atoms with E-state index in [0.29, 0.717) is 0 Å². The zero-order chi connectivity index (χ0) is 41.4. The third kappa shape index (κ3) is 5.52. The van der Waals surface area contributed by atoms with E-state index in [1.165, 1.54) is 54.4 Å². The summed E-state index contributed by atoms with van der Waals surface area (Å²) in [7, 11) is 0. The molecule has 0 bridgehead atoms. The zero-order valence-corrected chi connectivity index (χ0v) is 34.2. The van der Waals surface area contributed by atoms with E-state index in [4.69, 9.17) is 4.98 Å². The maximum Gasteiger partial charge on any atom is 0.0784 e. The topological polar surface area (TPSA) is 27.7 Å². The minimum atomic E-state index is 0.925. The van der Waals surface area contributed by atoms with Crippen molar-refractivity contribution in [3.05, 3.63) is 231 Å². The number of para-hydroxylation sites is 5. The molecule has 294 valence electrons. The van der Waals surface area contributed by atoms with Crippen molar-refractivity contribution in [3.8, 4) is 50.7 Å². The van der Waals surface area contributed by atoms with Crippen LogP contribution in [0.25, 0.3) is 116 Å². The smallest absolute Gasteiger partial charge is 0.0784 e. The Kier molecular flexibility index (Phi) is 7.87. The molecule has 0 N–H and O–H groups in total. The van der Waals surface area contributed by atoms with Crippen molar-refractivity contribution >= 4 is 65.4 Å². The molecule has 0 atom stereocenters. The van der Waals surface area contributed by atoms with Gasteiger partial charge in [-0.3, -0.25) is 0 Å². The third-order valence-electron chi connectivity index (χ3n) is 12.8. The molecule has 0 amide bonds. The van der Waals surface area contributed by atoms with Crippen LogP contribution in [0.3, 0.4) is 0 Å². The Morgan fingerprint density at radius 3 is 1.24 bits per heavy atom. The monoisotopic (exact) mass is 802 g/mol. The molecular formula is C59H38N4. The second kappa shape index (κ2) is 14.1. The molecule has 4 heteroatoms. The van der Waals surface area contributed by atoms with Gasteiger partial charge in [0.05, 0.1) is 50.2 Å². The lowest BCUT2D eigenvalue weighted by Crippen LogP contribution is -2.03. The minimum absolute atomic E-state index is 0.925. The van der Waals surface area contributed by atoms with E-state index < -0.39 is 0 Å². The molecule has 0 spiro atoms. The van der Waals surface area contributed by atoms with Crippen LogP contribution in [0.15, 0.2) is 231 Å². The Morgan fingerprint density at radius 2 is 0.683 bits per heavy atom. The Balaban J connectivity index is 1.13. The van der Waals surface area contributed by atoms with Gasteiger partial charge in [0.1, 0.15) is 0 Å². The van der Waals surface area contributed by atoms with Gasteiger partial charge in [-0.25, -0.2) is 4.98 Å². The lowest BCUT2D eigenvalue weighted by atomic mass is 10.00. The number of nitrogens with zero attached hydrogens (tertiary/aromatic N) is 4. The Morgan fingerprint density at radius 1 is 0.254 bits per heavy atom. The normalized spacial score (nSPS) is 11.8. The van der Waals surface area contributed by atoms with E-state index in [2.05, 4.69) is 244 Å². The molecule has 0 fully saturated rings. The molecule has 0 saturated heterocycles. The van der Waals surface area contributed by atoms with Crippen molar-refractivity contribution in [1.29, 1.82) is 0 Å². The quantitative estimate of drug-likeness (QED) is 0.165. The van der Waals surface area contributed by atoms with Crippen LogP contribution in [-0.4, -0.2) is 18.7 Å². The van der Waals surface area contributed by atoms with Crippen LogP contribution in [0.4, 0.5) is 0 Å². The van der Waals surface area contributed by atoms with Gasteiger partial charge in [-0.05, 0) is 77.9 Å². The molecule has 63 heavy (non-hydrogen) atoms. The highest BCUT2D eigenvalue weighted by atomic mass is 15.1. The maximum absolute atomic E-state index is 5.35. The van der Waals surface area contributed by atoms with Gasteiger partial charge in [-0.15, -0.1) is 0 Å². The van der Waals surface area contributed by atoms with Crippen molar-refractivity contribution < 1.29 is 0 Å². The molecule has 9 aromatic carbocycles. The van der Waals surface area contributed by atoms with Crippen LogP contribution in [0, 0.1) is 0 Å². The summed E-state index contributed by atoms with van der Waals surface area (Å²) >= 11 is 0. The van der Waals surface area contributed by atoms with Gasteiger partial charge in [0.25, 0.3) is 0 Å². The number of hydrogen-bond acceptors (Lipinski definition) is 1. The molecule has 0 aliphatic rings. The SMILES string of the molecule is c1ccc(-c2cc(-c3ccccc3)nc(-c3cccc(-n4c5ccccc5c5cc(-n6c7ccccc7c7ccccc76)cc(-n6c7ccccc7c7ccccc76)c54)c3)c2)cc1. The van der Waals surface area contributed by atoms with E-state index in [-0.39, 0.29) is 0 Å². The van der Waals surface area contributed by atoms with Crippen molar-refractivity contribution in [1.82, 2.24) is 18.7 Å². The fourth-order valence-electron chi connectivity index (χ4n) is 10.0. The van der Waals surface area contributed by atoms with Gasteiger partial charge < -0.3 is 13.7 Å². The molecular weight excluding hydrogens is 765 g/mol. The van der Waals surface area contributed by atoms with Gasteiger partial charge in [-0.1, -0.05) is 164 Å². The first-order valence-electron chi connectivity index (χ1n) is 21.5. The average molecular weight is 803 g/mol. The first-order chi connectivity index (χ1) is 31.3. The predicted octanol–water partition coefficient (Wildman–Crippen LogP) is 15.4. The molecule has 0 aliphatic carbocycles. The van der Waals surface area contributed by atoms with E-state index in [1.807, 2.05) is 0 Å². The van der Waals surface area contributed by atoms with Gasteiger partial charge in [0.15, 0.2) is 0 Å². The minimum Gasteiger partial charge on any atom is -0.309 e. The molecule has 4 aromatic heterocycles. The summed E-state index contributed by atoms with van der Waals surface area (Å²) in [6.45, 7) is 0. The van der Waals surface area contributed by atoms with Crippen molar-refractivity contribution in [2.45, 2.75) is 0 Å². The average Bonchev–Trinajstić information content (AvgIpc) is 4.00. The van der Waals surface area contributed by atoms with Gasteiger partial charge in [-0.2, -0.15) is 0 Å². The van der Waals surface area contributed by atoms with E-state index in [9.17, 15) is 0 Å². The van der Waals surface area contributed by atoms with Gasteiger partial charge in [0.2, 0.25) is 0 Å². The predicted molar refractivity (Wildman–Crippen MR) is 264 cm³/mol. The lowest BCUT2D eigenvalue weighted by Gasteiger charge is -2.18. The highest BCUT2D eigenvalue weighted by molar-refractivity contribution is 6.16. The van der Waals surface area contributed by atoms with Crippen LogP contribution in [0.2, 0.25) is 0 Å². The van der Waals surface area contributed by atoms with Crippen LogP contribution < -0.4 is 0 Å². The number of pyridine rings is 1. The molecule has 13 aromatic rings. The second-order valence-corrected chi connectivity index (χ2v) is 16.4. The van der Waals surface area contributed by atoms with Crippen molar-refractivity contribution in [2.24, 2.45) is 0 Å². The number of rotatable bonds is 6. The third-order valence-corrected chi connectivity index (χ3v) is 12.8. The molecule has 0 unspecified atom stereocenters. The Bertz CT molecular complexity index is 3740. The fraction of sp³-hybridized carbons (Fsp3) is 0. The largest absolute Gasteiger partial charge is 0.309 e. The molecule has 4 nitrogen and oxygen atoms in total. The van der Waals surface area contributed by atoms with E-state index in [1.54, 1.807) is 0 Å². The summed E-state index contributed by atoms with van der Waals surface area (Å²) in [5.74, 6) is 0. The van der Waals surface area contributed by atoms with Gasteiger partial charge >= 0.3 is 0 Å².